The van der Waals surface area contributed by atoms with Crippen LogP contribution in [-0.4, -0.2) is 46.5 Å². The molecule has 0 radical (unpaired) electrons. The summed E-state index contributed by atoms with van der Waals surface area (Å²) in [4.78, 5) is 12.6. The molecule has 2 aromatic heterocycles. The zero-order valence-electron chi connectivity index (χ0n) is 19.9. The first kappa shape index (κ1) is 25.9. The number of hydrogen-bond donors (Lipinski definition) is 0. The fourth-order valence-corrected chi connectivity index (χ4v) is 5.60. The summed E-state index contributed by atoms with van der Waals surface area (Å²) >= 11 is 12.1. The Kier molecular flexibility index (Phi) is 6.96. The van der Waals surface area contributed by atoms with Crippen LogP contribution in [0, 0.1) is 6.92 Å². The number of esters is 1. The largest absolute Gasteiger partial charge is 0.459 e. The first-order valence-electron chi connectivity index (χ1n) is 10.8. The lowest BCUT2D eigenvalue weighted by Crippen LogP contribution is -2.39. The second kappa shape index (κ2) is 9.68. The number of anilines is 1. The van der Waals surface area contributed by atoms with Gasteiger partial charge in [-0.15, -0.1) is 5.10 Å². The average molecular weight is 548 g/mol. The van der Waals surface area contributed by atoms with Crippen molar-refractivity contribution in [2.24, 2.45) is 0 Å². The number of fused-ring (bicyclic) bond motifs is 1. The molecule has 0 saturated heterocycles. The van der Waals surface area contributed by atoms with Crippen LogP contribution in [0.25, 0.3) is 16.7 Å². The third-order valence-corrected chi connectivity index (χ3v) is 7.15. The summed E-state index contributed by atoms with van der Waals surface area (Å²) in [6, 6.07) is 12.5. The van der Waals surface area contributed by atoms with Crippen molar-refractivity contribution in [2.75, 3.05) is 10.8 Å². The molecule has 0 saturated carbocycles. The lowest BCUT2D eigenvalue weighted by molar-refractivity contribution is -0.152. The van der Waals surface area contributed by atoms with E-state index in [1.807, 2.05) is 13.0 Å². The Labute approximate surface area is 218 Å². The van der Waals surface area contributed by atoms with Crippen LogP contribution in [-0.2, 0) is 19.6 Å². The first-order valence-corrected chi connectivity index (χ1v) is 13.0. The van der Waals surface area contributed by atoms with Crippen molar-refractivity contribution in [1.29, 1.82) is 0 Å². The number of carbonyl (C=O) groups is 1. The van der Waals surface area contributed by atoms with Gasteiger partial charge in [-0.2, -0.15) is 10.2 Å². The predicted octanol–water partition coefficient (Wildman–Crippen LogP) is 4.97. The molecule has 0 N–H and O–H groups in total. The Balaban J connectivity index is 1.80. The third kappa shape index (κ3) is 5.61. The highest BCUT2D eigenvalue weighted by Crippen LogP contribution is 2.31. The molecule has 0 amide bonds. The fourth-order valence-electron chi connectivity index (χ4n) is 3.47. The fraction of sp³-hybridized carbons (Fsp3) is 0.250. The molecule has 4 aromatic rings. The summed E-state index contributed by atoms with van der Waals surface area (Å²) in [6.07, 6.45) is 1.58. The van der Waals surface area contributed by atoms with E-state index in [9.17, 15) is 13.2 Å². The monoisotopic (exact) mass is 547 g/mol. The van der Waals surface area contributed by atoms with Gasteiger partial charge in [-0.05, 0) is 76.2 Å². The van der Waals surface area contributed by atoms with Gasteiger partial charge < -0.3 is 4.74 Å². The molecule has 2 heterocycles. The van der Waals surface area contributed by atoms with Crippen LogP contribution in [0.2, 0.25) is 10.0 Å². The number of nitrogens with zero attached hydrogens (tertiary/aromatic N) is 5. The van der Waals surface area contributed by atoms with Gasteiger partial charge in [0.05, 0.1) is 28.0 Å². The standard InChI is InChI=1S/C24H23Cl2N5O4S/c1-15-5-8-22(29-28-15)31-21-7-6-19(9-16(21)13-27-31)30(14-23(32)35-24(2,3)4)36(33,34)20-11-17(25)10-18(26)12-20/h5-13H,14H2,1-4H3. The first-order chi connectivity index (χ1) is 16.8. The third-order valence-electron chi connectivity index (χ3n) is 4.96. The highest BCUT2D eigenvalue weighted by Gasteiger charge is 2.30. The number of halogens is 2. The van der Waals surface area contributed by atoms with Crippen LogP contribution in [0.3, 0.4) is 0 Å². The molecule has 0 fully saturated rings. The predicted molar refractivity (Wildman–Crippen MR) is 138 cm³/mol. The Hall–Kier alpha value is -3.21. The lowest BCUT2D eigenvalue weighted by atomic mass is 10.2. The molecule has 36 heavy (non-hydrogen) atoms. The molecule has 12 heteroatoms. The number of rotatable bonds is 6. The van der Waals surface area contributed by atoms with E-state index in [0.717, 1.165) is 10.00 Å². The molecule has 9 nitrogen and oxygen atoms in total. The van der Waals surface area contributed by atoms with Crippen LogP contribution in [0.4, 0.5) is 5.69 Å². The van der Waals surface area contributed by atoms with E-state index < -0.39 is 28.1 Å². The molecule has 0 spiro atoms. The van der Waals surface area contributed by atoms with Crippen LogP contribution in [0.1, 0.15) is 26.5 Å². The van der Waals surface area contributed by atoms with E-state index in [1.165, 1.54) is 18.2 Å². The Morgan fingerprint density at radius 1 is 1.03 bits per heavy atom. The summed E-state index contributed by atoms with van der Waals surface area (Å²) < 4.78 is 35.3. The quantitative estimate of drug-likeness (QED) is 0.313. The van der Waals surface area contributed by atoms with Crippen LogP contribution < -0.4 is 4.31 Å². The van der Waals surface area contributed by atoms with Crippen molar-refractivity contribution >= 4 is 55.8 Å². The second-order valence-electron chi connectivity index (χ2n) is 9.04. The minimum atomic E-state index is -4.25. The van der Waals surface area contributed by atoms with Crippen molar-refractivity contribution in [3.63, 3.8) is 0 Å². The van der Waals surface area contributed by atoms with Crippen LogP contribution in [0.5, 0.6) is 0 Å². The number of hydrogen-bond acceptors (Lipinski definition) is 7. The average Bonchev–Trinajstić information content (AvgIpc) is 3.19. The highest BCUT2D eigenvalue weighted by atomic mass is 35.5. The summed E-state index contributed by atoms with van der Waals surface area (Å²) in [7, 11) is -4.25. The van der Waals surface area contributed by atoms with Gasteiger partial charge in [0.15, 0.2) is 5.82 Å². The molecular formula is C24H23Cl2N5O4S. The van der Waals surface area contributed by atoms with Gasteiger partial charge >= 0.3 is 5.97 Å². The molecular weight excluding hydrogens is 525 g/mol. The van der Waals surface area contributed by atoms with Crippen LogP contribution >= 0.6 is 23.2 Å². The number of aryl methyl sites for hydroxylation is 1. The van der Waals surface area contributed by atoms with Gasteiger partial charge in [-0.25, -0.2) is 13.1 Å². The summed E-state index contributed by atoms with van der Waals surface area (Å²) in [5.74, 6) is -0.208. The van der Waals surface area contributed by atoms with Gasteiger partial charge in [0, 0.05) is 15.4 Å². The number of aromatic nitrogens is 4. The van der Waals surface area contributed by atoms with Gasteiger partial charge in [-0.1, -0.05) is 23.2 Å². The summed E-state index contributed by atoms with van der Waals surface area (Å²) in [5, 5.41) is 13.5. The van der Waals surface area contributed by atoms with Crippen molar-refractivity contribution in [3.8, 4) is 5.82 Å². The Morgan fingerprint density at radius 2 is 1.72 bits per heavy atom. The van der Waals surface area contributed by atoms with Crippen LogP contribution in [0.15, 0.2) is 59.6 Å². The molecule has 2 aromatic carbocycles. The molecule has 0 aliphatic carbocycles. The number of benzene rings is 2. The maximum absolute atomic E-state index is 13.7. The maximum Gasteiger partial charge on any atom is 0.327 e. The molecule has 0 unspecified atom stereocenters. The highest BCUT2D eigenvalue weighted by molar-refractivity contribution is 7.92. The minimum absolute atomic E-state index is 0.147. The molecule has 0 atom stereocenters. The number of ether oxygens (including phenoxy) is 1. The molecule has 0 bridgehead atoms. The zero-order valence-corrected chi connectivity index (χ0v) is 22.3. The van der Waals surface area contributed by atoms with E-state index >= 15 is 0 Å². The smallest absolute Gasteiger partial charge is 0.327 e. The molecule has 0 aliphatic rings. The summed E-state index contributed by atoms with van der Waals surface area (Å²) in [6.45, 7) is 6.38. The number of carbonyl (C=O) groups excluding carboxylic acids is 1. The molecule has 0 aliphatic heterocycles. The van der Waals surface area contributed by atoms with Crippen molar-refractivity contribution < 1.29 is 17.9 Å². The Bertz CT molecular complexity index is 1530. The van der Waals surface area contributed by atoms with Gasteiger partial charge in [0.2, 0.25) is 0 Å². The van der Waals surface area contributed by atoms with E-state index in [4.69, 9.17) is 27.9 Å². The van der Waals surface area contributed by atoms with E-state index in [-0.39, 0.29) is 20.6 Å². The van der Waals surface area contributed by atoms with E-state index in [2.05, 4.69) is 15.3 Å². The van der Waals surface area contributed by atoms with E-state index in [0.29, 0.717) is 16.7 Å². The maximum atomic E-state index is 13.7. The SMILES string of the molecule is Cc1ccc(-n2ncc3cc(N(CC(=O)OC(C)(C)C)S(=O)(=O)c4cc(Cl)cc(Cl)c4)ccc32)nn1. The van der Waals surface area contributed by atoms with Gasteiger partial charge in [0.25, 0.3) is 10.0 Å². The lowest BCUT2D eigenvalue weighted by Gasteiger charge is -2.26. The summed E-state index contributed by atoms with van der Waals surface area (Å²) in [5.41, 5.74) is 0.879. The van der Waals surface area contributed by atoms with Crippen molar-refractivity contribution in [3.05, 3.63) is 70.5 Å². The molecule has 4 rings (SSSR count). The number of sulfonamides is 1. The van der Waals surface area contributed by atoms with Crippen molar-refractivity contribution in [2.45, 2.75) is 38.2 Å². The topological polar surface area (TPSA) is 107 Å². The minimum Gasteiger partial charge on any atom is -0.459 e. The normalized spacial score (nSPS) is 12.1. The zero-order chi connectivity index (χ0) is 26.3. The molecule has 188 valence electrons. The second-order valence-corrected chi connectivity index (χ2v) is 11.8. The van der Waals surface area contributed by atoms with Gasteiger partial charge in [-0.3, -0.25) is 9.10 Å². The van der Waals surface area contributed by atoms with Crippen molar-refractivity contribution in [1.82, 2.24) is 20.0 Å². The van der Waals surface area contributed by atoms with E-state index in [1.54, 1.807) is 55.9 Å². The van der Waals surface area contributed by atoms with Gasteiger partial charge in [0.1, 0.15) is 12.1 Å². The Morgan fingerprint density at radius 3 is 2.33 bits per heavy atom.